The molecule has 4 nitrogen and oxygen atoms in total. The number of nitrogens with zero attached hydrogens (tertiary/aromatic N) is 3. The van der Waals surface area contributed by atoms with Crippen molar-refractivity contribution in [2.75, 3.05) is 19.6 Å². The summed E-state index contributed by atoms with van der Waals surface area (Å²) < 4.78 is 2.12. The van der Waals surface area contributed by atoms with E-state index in [9.17, 15) is 0 Å². The molecule has 1 saturated heterocycles. The van der Waals surface area contributed by atoms with Crippen molar-refractivity contribution in [2.24, 2.45) is 17.6 Å². The number of rotatable bonds is 4. The van der Waals surface area contributed by atoms with Crippen molar-refractivity contribution >= 4 is 0 Å². The van der Waals surface area contributed by atoms with Gasteiger partial charge in [-0.2, -0.15) is 5.10 Å². The molecule has 0 bridgehead atoms. The molecule has 0 spiro atoms. The van der Waals surface area contributed by atoms with Crippen LogP contribution in [0.25, 0.3) is 0 Å². The summed E-state index contributed by atoms with van der Waals surface area (Å²) in [5.74, 6) is 1.39. The van der Waals surface area contributed by atoms with E-state index in [1.54, 1.807) is 0 Å². The van der Waals surface area contributed by atoms with Crippen LogP contribution in [-0.2, 0) is 6.54 Å². The van der Waals surface area contributed by atoms with Gasteiger partial charge in [0, 0.05) is 30.4 Å². The van der Waals surface area contributed by atoms with E-state index in [2.05, 4.69) is 49.3 Å². The van der Waals surface area contributed by atoms with E-state index in [0.29, 0.717) is 12.0 Å². The normalized spacial score (nSPS) is 25.9. The van der Waals surface area contributed by atoms with Gasteiger partial charge in [-0.3, -0.25) is 9.58 Å². The third-order valence-electron chi connectivity index (χ3n) is 5.15. The molecular weight excluding hydrogens is 248 g/mol. The maximum absolute atomic E-state index is 5.94. The minimum Gasteiger partial charge on any atom is -0.330 e. The topological polar surface area (TPSA) is 47.1 Å². The molecule has 1 aromatic heterocycles. The fourth-order valence-electron chi connectivity index (χ4n) is 3.64. The zero-order chi connectivity index (χ0) is 14.9. The molecule has 2 rings (SSSR count). The molecule has 2 heterocycles. The van der Waals surface area contributed by atoms with Gasteiger partial charge in [0.1, 0.15) is 0 Å². The summed E-state index contributed by atoms with van der Waals surface area (Å²) in [7, 11) is 0. The highest BCUT2D eigenvalue weighted by atomic mass is 15.3. The summed E-state index contributed by atoms with van der Waals surface area (Å²) in [6.07, 6.45) is 1.26. The average molecular weight is 278 g/mol. The van der Waals surface area contributed by atoms with Crippen LogP contribution in [0.2, 0.25) is 0 Å². The summed E-state index contributed by atoms with van der Waals surface area (Å²) >= 11 is 0. The van der Waals surface area contributed by atoms with Crippen molar-refractivity contribution in [2.45, 2.75) is 53.6 Å². The number of hydrogen-bond donors (Lipinski definition) is 1. The van der Waals surface area contributed by atoms with Gasteiger partial charge in [-0.15, -0.1) is 0 Å². The van der Waals surface area contributed by atoms with Crippen LogP contribution in [0.5, 0.6) is 0 Å². The molecule has 1 aliphatic rings. The first-order chi connectivity index (χ1) is 9.49. The first-order valence-electron chi connectivity index (χ1n) is 7.97. The smallest absolute Gasteiger partial charge is 0.0644 e. The predicted molar refractivity (Wildman–Crippen MR) is 83.7 cm³/mol. The summed E-state index contributed by atoms with van der Waals surface area (Å²) in [4.78, 5) is 2.59. The van der Waals surface area contributed by atoms with E-state index in [4.69, 9.17) is 5.73 Å². The van der Waals surface area contributed by atoms with Gasteiger partial charge in [0.05, 0.1) is 5.69 Å². The average Bonchev–Trinajstić information content (AvgIpc) is 2.73. The minimum absolute atomic E-state index is 0.442. The molecule has 1 fully saturated rings. The lowest BCUT2D eigenvalue weighted by Gasteiger charge is -2.40. The molecule has 3 atom stereocenters. The third kappa shape index (κ3) is 2.77. The van der Waals surface area contributed by atoms with E-state index in [0.717, 1.165) is 25.6 Å². The molecular formula is C16H30N4. The monoisotopic (exact) mass is 278 g/mol. The van der Waals surface area contributed by atoms with E-state index in [1.807, 2.05) is 0 Å². The Morgan fingerprint density at radius 2 is 2.10 bits per heavy atom. The second-order valence-electron chi connectivity index (χ2n) is 6.33. The molecule has 4 heteroatoms. The third-order valence-corrected chi connectivity index (χ3v) is 5.15. The van der Waals surface area contributed by atoms with Crippen LogP contribution in [0.4, 0.5) is 0 Å². The van der Waals surface area contributed by atoms with Gasteiger partial charge in [0.25, 0.3) is 0 Å². The summed E-state index contributed by atoms with van der Waals surface area (Å²) in [6, 6.07) is 0.442. The van der Waals surface area contributed by atoms with E-state index >= 15 is 0 Å². The highest BCUT2D eigenvalue weighted by Crippen LogP contribution is 2.32. The van der Waals surface area contributed by atoms with Crippen molar-refractivity contribution in [3.8, 4) is 0 Å². The molecule has 20 heavy (non-hydrogen) atoms. The quantitative estimate of drug-likeness (QED) is 0.920. The first-order valence-corrected chi connectivity index (χ1v) is 7.97. The zero-order valence-corrected chi connectivity index (χ0v) is 13.7. The number of likely N-dealkylation sites (tertiary alicyclic amines) is 1. The first kappa shape index (κ1) is 15.5. The molecule has 0 aromatic carbocycles. The Morgan fingerprint density at radius 3 is 2.65 bits per heavy atom. The van der Waals surface area contributed by atoms with Crippen molar-refractivity contribution < 1.29 is 0 Å². The molecule has 0 aliphatic carbocycles. The molecule has 0 amide bonds. The zero-order valence-electron chi connectivity index (χ0n) is 13.7. The Hall–Kier alpha value is -0.870. The summed E-state index contributed by atoms with van der Waals surface area (Å²) in [6.45, 7) is 15.2. The van der Waals surface area contributed by atoms with Crippen LogP contribution >= 0.6 is 0 Å². The van der Waals surface area contributed by atoms with Gasteiger partial charge in [-0.25, -0.2) is 0 Å². The fraction of sp³-hybridized carbons (Fsp3) is 0.812. The Morgan fingerprint density at radius 1 is 1.40 bits per heavy atom. The van der Waals surface area contributed by atoms with Crippen LogP contribution in [0.1, 0.15) is 50.2 Å². The van der Waals surface area contributed by atoms with Crippen LogP contribution in [0, 0.1) is 25.7 Å². The summed E-state index contributed by atoms with van der Waals surface area (Å²) in [5, 5.41) is 4.66. The van der Waals surface area contributed by atoms with Gasteiger partial charge in [-0.1, -0.05) is 6.92 Å². The maximum atomic E-state index is 5.94. The van der Waals surface area contributed by atoms with Crippen LogP contribution < -0.4 is 5.73 Å². The fourth-order valence-corrected chi connectivity index (χ4v) is 3.64. The maximum Gasteiger partial charge on any atom is 0.0644 e. The lowest BCUT2D eigenvalue weighted by Crippen LogP contribution is -2.43. The lowest BCUT2D eigenvalue weighted by atomic mass is 9.86. The van der Waals surface area contributed by atoms with E-state index in [-0.39, 0.29) is 0 Å². The van der Waals surface area contributed by atoms with Crippen LogP contribution in [0.15, 0.2) is 0 Å². The number of piperidine rings is 1. The Bertz CT molecular complexity index is 452. The molecule has 1 aliphatic heterocycles. The Labute approximate surface area is 123 Å². The standard InChI is InChI=1S/C16H30N4/c1-6-20-14(5)16(12(3)18-20)13(4)19-8-7-11(2)15(9-17)10-19/h11,13,15H,6-10,17H2,1-5H3. The minimum atomic E-state index is 0.442. The van der Waals surface area contributed by atoms with Gasteiger partial charge in [0.2, 0.25) is 0 Å². The van der Waals surface area contributed by atoms with Crippen LogP contribution in [0.3, 0.4) is 0 Å². The number of hydrogen-bond acceptors (Lipinski definition) is 3. The van der Waals surface area contributed by atoms with Crippen molar-refractivity contribution in [1.29, 1.82) is 0 Å². The second-order valence-corrected chi connectivity index (χ2v) is 6.33. The molecule has 1 aromatic rings. The molecule has 0 radical (unpaired) electrons. The highest BCUT2D eigenvalue weighted by Gasteiger charge is 2.30. The van der Waals surface area contributed by atoms with Gasteiger partial charge >= 0.3 is 0 Å². The molecule has 2 N–H and O–H groups in total. The van der Waals surface area contributed by atoms with Crippen molar-refractivity contribution in [3.63, 3.8) is 0 Å². The SMILES string of the molecule is CCn1nc(C)c(C(C)N2CCC(C)C(CN)C2)c1C. The van der Waals surface area contributed by atoms with Gasteiger partial charge in [0.15, 0.2) is 0 Å². The molecule has 0 saturated carbocycles. The largest absolute Gasteiger partial charge is 0.330 e. The summed E-state index contributed by atoms with van der Waals surface area (Å²) in [5.41, 5.74) is 9.85. The van der Waals surface area contributed by atoms with Crippen molar-refractivity contribution in [1.82, 2.24) is 14.7 Å². The lowest BCUT2D eigenvalue weighted by molar-refractivity contribution is 0.0973. The number of aryl methyl sites for hydroxylation is 2. The van der Waals surface area contributed by atoms with Gasteiger partial charge in [-0.05, 0) is 59.0 Å². The molecule has 3 unspecified atom stereocenters. The van der Waals surface area contributed by atoms with Crippen LogP contribution in [-0.4, -0.2) is 34.3 Å². The van der Waals surface area contributed by atoms with Crippen molar-refractivity contribution in [3.05, 3.63) is 17.0 Å². The molecule has 114 valence electrons. The van der Waals surface area contributed by atoms with Gasteiger partial charge < -0.3 is 5.73 Å². The predicted octanol–water partition coefficient (Wildman–Crippen LogP) is 2.50. The highest BCUT2D eigenvalue weighted by molar-refractivity contribution is 5.28. The number of aromatic nitrogens is 2. The number of nitrogens with two attached hydrogens (primary N) is 1. The second kappa shape index (κ2) is 6.27. The Kier molecular flexibility index (Phi) is 4.86. The Balaban J connectivity index is 2.19. The van der Waals surface area contributed by atoms with E-state index in [1.165, 1.54) is 29.9 Å². The van der Waals surface area contributed by atoms with E-state index < -0.39 is 0 Å².